The van der Waals surface area contributed by atoms with Crippen LogP contribution in [0.15, 0.2) is 59.7 Å². The molecule has 9 nitrogen and oxygen atoms in total. The molecule has 0 saturated carbocycles. The molecule has 0 unspecified atom stereocenters. The summed E-state index contributed by atoms with van der Waals surface area (Å²) in [5, 5.41) is 5.50. The highest BCUT2D eigenvalue weighted by Gasteiger charge is 2.11. The number of hydrogen-bond donors (Lipinski definition) is 3. The summed E-state index contributed by atoms with van der Waals surface area (Å²) in [5.41, 5.74) is 1.77. The van der Waals surface area contributed by atoms with Crippen LogP contribution in [0.25, 0.3) is 21.9 Å². The van der Waals surface area contributed by atoms with Crippen LogP contribution >= 0.6 is 0 Å². The smallest absolute Gasteiger partial charge is 0.261 e. The van der Waals surface area contributed by atoms with Crippen LogP contribution in [0.3, 0.4) is 0 Å². The molecule has 2 amide bonds. The number of nitrogens with one attached hydrogen (secondary N) is 3. The summed E-state index contributed by atoms with van der Waals surface area (Å²) in [7, 11) is 0. The molecule has 0 bridgehead atoms. The molecular formula is C19H16N6O3. The molecule has 140 valence electrons. The standard InChI is InChI=1S/C19H16N6O3/c26-16(24-19-22-14-7-3-4-8-15(14)23-19)9-20-17(27)10-25-11-21-13-6-2-1-5-12(13)18(25)28/h1-8,11H,9-10H2,(H,20,27)(H2,22,23,24,26). The maximum absolute atomic E-state index is 12.4. The highest BCUT2D eigenvalue weighted by atomic mass is 16.2. The zero-order chi connectivity index (χ0) is 19.5. The molecule has 2 aromatic carbocycles. The number of amides is 2. The average molecular weight is 376 g/mol. The van der Waals surface area contributed by atoms with Crippen molar-refractivity contribution in [3.8, 4) is 0 Å². The van der Waals surface area contributed by atoms with Gasteiger partial charge in [-0.2, -0.15) is 0 Å². The Labute approximate surface area is 158 Å². The minimum atomic E-state index is -0.473. The van der Waals surface area contributed by atoms with Crippen molar-refractivity contribution in [2.24, 2.45) is 0 Å². The third-order valence-corrected chi connectivity index (χ3v) is 4.14. The summed E-state index contributed by atoms with van der Waals surface area (Å²) < 4.78 is 1.20. The number of carbonyl (C=O) groups is 2. The summed E-state index contributed by atoms with van der Waals surface area (Å²) in [4.78, 5) is 47.9. The minimum Gasteiger partial charge on any atom is -0.345 e. The summed E-state index contributed by atoms with van der Waals surface area (Å²) in [6.45, 7) is -0.472. The topological polar surface area (TPSA) is 122 Å². The van der Waals surface area contributed by atoms with Crippen molar-refractivity contribution >= 4 is 39.7 Å². The van der Waals surface area contributed by atoms with Gasteiger partial charge in [-0.05, 0) is 24.3 Å². The van der Waals surface area contributed by atoms with E-state index in [0.29, 0.717) is 16.9 Å². The molecule has 0 atom stereocenters. The third kappa shape index (κ3) is 3.58. The van der Waals surface area contributed by atoms with Gasteiger partial charge in [0.25, 0.3) is 5.56 Å². The quantitative estimate of drug-likeness (QED) is 0.480. The van der Waals surface area contributed by atoms with E-state index in [1.807, 2.05) is 24.3 Å². The lowest BCUT2D eigenvalue weighted by Gasteiger charge is -2.08. The number of hydrogen-bond acceptors (Lipinski definition) is 5. The Hall–Kier alpha value is -4.01. The van der Waals surface area contributed by atoms with Crippen LogP contribution in [-0.2, 0) is 16.1 Å². The molecule has 0 fully saturated rings. The predicted octanol–water partition coefficient (Wildman–Crippen LogP) is 1.03. The van der Waals surface area contributed by atoms with Crippen LogP contribution in [0.1, 0.15) is 0 Å². The number of rotatable bonds is 5. The fraction of sp³-hybridized carbons (Fsp3) is 0.105. The third-order valence-electron chi connectivity index (χ3n) is 4.14. The lowest BCUT2D eigenvalue weighted by Crippen LogP contribution is -2.37. The number of aromatic amines is 1. The second-order valence-corrected chi connectivity index (χ2v) is 6.12. The van der Waals surface area contributed by atoms with Crippen molar-refractivity contribution in [1.29, 1.82) is 0 Å². The molecule has 2 aromatic heterocycles. The first kappa shape index (κ1) is 17.4. The van der Waals surface area contributed by atoms with Gasteiger partial charge in [-0.15, -0.1) is 0 Å². The van der Waals surface area contributed by atoms with Gasteiger partial charge in [-0.3, -0.25) is 24.3 Å². The molecule has 0 aliphatic heterocycles. The van der Waals surface area contributed by atoms with E-state index in [1.54, 1.807) is 24.3 Å². The molecule has 0 spiro atoms. The Bertz CT molecular complexity index is 1210. The summed E-state index contributed by atoms with van der Waals surface area (Å²) in [5.74, 6) is -0.606. The summed E-state index contributed by atoms with van der Waals surface area (Å²) in [6.07, 6.45) is 1.32. The van der Waals surface area contributed by atoms with Gasteiger partial charge in [0.1, 0.15) is 6.54 Å². The maximum Gasteiger partial charge on any atom is 0.261 e. The molecule has 2 heterocycles. The molecule has 28 heavy (non-hydrogen) atoms. The fourth-order valence-corrected chi connectivity index (χ4v) is 2.80. The molecule has 4 aromatic rings. The Balaban J connectivity index is 1.36. The van der Waals surface area contributed by atoms with E-state index in [9.17, 15) is 14.4 Å². The van der Waals surface area contributed by atoms with Crippen molar-refractivity contribution in [3.05, 3.63) is 65.2 Å². The van der Waals surface area contributed by atoms with E-state index in [0.717, 1.165) is 11.0 Å². The Morgan fingerprint density at radius 1 is 1.00 bits per heavy atom. The summed E-state index contributed by atoms with van der Waals surface area (Å²) >= 11 is 0. The molecule has 0 saturated heterocycles. The zero-order valence-electron chi connectivity index (χ0n) is 14.7. The first-order chi connectivity index (χ1) is 13.6. The minimum absolute atomic E-state index is 0.228. The molecular weight excluding hydrogens is 360 g/mol. The molecule has 0 aliphatic rings. The van der Waals surface area contributed by atoms with Crippen molar-refractivity contribution in [2.45, 2.75) is 6.54 Å². The van der Waals surface area contributed by atoms with Crippen molar-refractivity contribution < 1.29 is 9.59 Å². The van der Waals surface area contributed by atoms with Gasteiger partial charge in [0.15, 0.2) is 0 Å². The summed E-state index contributed by atoms with van der Waals surface area (Å²) in [6, 6.07) is 14.3. The SMILES string of the molecule is O=C(Cn1cnc2ccccc2c1=O)NCC(=O)Nc1nc2ccccc2[nH]1. The van der Waals surface area contributed by atoms with Crippen LogP contribution in [0.4, 0.5) is 5.95 Å². The second-order valence-electron chi connectivity index (χ2n) is 6.12. The number of anilines is 1. The zero-order valence-corrected chi connectivity index (χ0v) is 14.7. The van der Waals surface area contributed by atoms with Gasteiger partial charge in [-0.25, -0.2) is 9.97 Å². The van der Waals surface area contributed by atoms with Crippen molar-refractivity contribution in [2.75, 3.05) is 11.9 Å². The Kier molecular flexibility index (Phi) is 4.55. The monoisotopic (exact) mass is 376 g/mol. The molecule has 0 aliphatic carbocycles. The number of fused-ring (bicyclic) bond motifs is 2. The predicted molar refractivity (Wildman–Crippen MR) is 104 cm³/mol. The average Bonchev–Trinajstić information content (AvgIpc) is 3.11. The number of para-hydroxylation sites is 3. The number of aromatic nitrogens is 4. The van der Waals surface area contributed by atoms with Gasteiger partial charge in [0, 0.05) is 0 Å². The number of imidazole rings is 1. The van der Waals surface area contributed by atoms with Crippen molar-refractivity contribution in [3.63, 3.8) is 0 Å². The van der Waals surface area contributed by atoms with E-state index in [-0.39, 0.29) is 18.6 Å². The van der Waals surface area contributed by atoms with Gasteiger partial charge in [-0.1, -0.05) is 24.3 Å². The van der Waals surface area contributed by atoms with Crippen LogP contribution in [0.2, 0.25) is 0 Å². The van der Waals surface area contributed by atoms with E-state index in [1.165, 1.54) is 10.9 Å². The van der Waals surface area contributed by atoms with E-state index >= 15 is 0 Å². The first-order valence-electron chi connectivity index (χ1n) is 8.55. The Morgan fingerprint density at radius 3 is 2.57 bits per heavy atom. The van der Waals surface area contributed by atoms with Crippen molar-refractivity contribution in [1.82, 2.24) is 24.8 Å². The lowest BCUT2D eigenvalue weighted by molar-refractivity contribution is -0.124. The van der Waals surface area contributed by atoms with E-state index in [2.05, 4.69) is 25.6 Å². The highest BCUT2D eigenvalue weighted by molar-refractivity contribution is 5.94. The van der Waals surface area contributed by atoms with Crippen LogP contribution in [0.5, 0.6) is 0 Å². The van der Waals surface area contributed by atoms with Gasteiger partial charge >= 0.3 is 0 Å². The van der Waals surface area contributed by atoms with Gasteiger partial charge < -0.3 is 10.3 Å². The number of H-pyrrole nitrogens is 1. The second kappa shape index (κ2) is 7.31. The molecule has 0 radical (unpaired) electrons. The number of nitrogens with zero attached hydrogens (tertiary/aromatic N) is 3. The largest absolute Gasteiger partial charge is 0.345 e. The molecule has 9 heteroatoms. The molecule has 4 rings (SSSR count). The normalized spacial score (nSPS) is 10.9. The highest BCUT2D eigenvalue weighted by Crippen LogP contribution is 2.12. The van der Waals surface area contributed by atoms with E-state index < -0.39 is 11.8 Å². The van der Waals surface area contributed by atoms with Gasteiger partial charge in [0.05, 0.1) is 34.8 Å². The van der Waals surface area contributed by atoms with Crippen LogP contribution < -0.4 is 16.2 Å². The Morgan fingerprint density at radius 2 is 1.75 bits per heavy atom. The van der Waals surface area contributed by atoms with Gasteiger partial charge in [0.2, 0.25) is 17.8 Å². The molecule has 3 N–H and O–H groups in total. The number of carbonyl (C=O) groups excluding carboxylic acids is 2. The first-order valence-corrected chi connectivity index (χ1v) is 8.55. The van der Waals surface area contributed by atoms with Crippen LogP contribution in [0, 0.1) is 0 Å². The maximum atomic E-state index is 12.4. The number of benzene rings is 2. The van der Waals surface area contributed by atoms with E-state index in [4.69, 9.17) is 0 Å². The van der Waals surface area contributed by atoms with Crippen LogP contribution in [-0.4, -0.2) is 37.9 Å². The lowest BCUT2D eigenvalue weighted by atomic mass is 10.2. The fourth-order valence-electron chi connectivity index (χ4n) is 2.80.